The van der Waals surface area contributed by atoms with E-state index in [1.165, 1.54) is 30.4 Å². The van der Waals surface area contributed by atoms with Crippen LogP contribution in [0.15, 0.2) is 24.3 Å². The van der Waals surface area contributed by atoms with Gasteiger partial charge in [-0.1, -0.05) is 51.5 Å². The predicted octanol–water partition coefficient (Wildman–Crippen LogP) is 3.21. The molecule has 1 saturated heterocycles. The summed E-state index contributed by atoms with van der Waals surface area (Å²) in [5.41, 5.74) is 2.71. The van der Waals surface area contributed by atoms with Crippen LogP contribution in [0.5, 0.6) is 0 Å². The van der Waals surface area contributed by atoms with Gasteiger partial charge in [-0.25, -0.2) is 0 Å². The Hall–Kier alpha value is -1.35. The lowest BCUT2D eigenvalue weighted by molar-refractivity contribution is -0.129. The molecule has 1 unspecified atom stereocenters. The Morgan fingerprint density at radius 1 is 1.19 bits per heavy atom. The molecule has 1 aromatic rings. The molecule has 21 heavy (non-hydrogen) atoms. The normalized spacial score (nSPS) is 23.5. The Balaban J connectivity index is 1.76. The van der Waals surface area contributed by atoms with Crippen molar-refractivity contribution in [3.8, 4) is 0 Å². The monoisotopic (exact) mass is 286 g/mol. The first-order valence-electron chi connectivity index (χ1n) is 8.08. The van der Waals surface area contributed by atoms with E-state index in [1.54, 1.807) is 0 Å². The summed E-state index contributed by atoms with van der Waals surface area (Å²) in [6, 6.07) is 8.73. The van der Waals surface area contributed by atoms with E-state index in [9.17, 15) is 4.79 Å². The van der Waals surface area contributed by atoms with Gasteiger partial charge in [0.05, 0.1) is 6.54 Å². The predicted molar refractivity (Wildman–Crippen MR) is 84.9 cm³/mol. The van der Waals surface area contributed by atoms with E-state index in [1.807, 2.05) is 4.90 Å². The fraction of sp³-hybridized carbons (Fsp3) is 0.611. The van der Waals surface area contributed by atoms with Crippen molar-refractivity contribution in [2.24, 2.45) is 5.92 Å². The van der Waals surface area contributed by atoms with Gasteiger partial charge >= 0.3 is 0 Å². The molecule has 1 aliphatic carbocycles. The Morgan fingerprint density at radius 3 is 2.38 bits per heavy atom. The average Bonchev–Trinajstić information content (AvgIpc) is 2.74. The molecule has 2 aliphatic rings. The maximum atomic E-state index is 12.1. The van der Waals surface area contributed by atoms with Gasteiger partial charge in [0.25, 0.3) is 0 Å². The summed E-state index contributed by atoms with van der Waals surface area (Å²) in [6.45, 7) is 8.06. The summed E-state index contributed by atoms with van der Waals surface area (Å²) in [5, 5.41) is 3.36. The zero-order valence-electron chi connectivity index (χ0n) is 13.4. The minimum absolute atomic E-state index is 0.0621. The highest BCUT2D eigenvalue weighted by atomic mass is 16.2. The van der Waals surface area contributed by atoms with Crippen molar-refractivity contribution in [2.75, 3.05) is 13.1 Å². The van der Waals surface area contributed by atoms with Gasteiger partial charge in [0.15, 0.2) is 0 Å². The third kappa shape index (κ3) is 2.98. The van der Waals surface area contributed by atoms with Crippen molar-refractivity contribution in [3.63, 3.8) is 0 Å². The van der Waals surface area contributed by atoms with Crippen molar-refractivity contribution in [2.45, 2.75) is 51.6 Å². The number of hydrogen-bond donors (Lipinski definition) is 1. The highest BCUT2D eigenvalue weighted by Crippen LogP contribution is 2.32. The van der Waals surface area contributed by atoms with Crippen molar-refractivity contribution in [1.82, 2.24) is 10.2 Å². The maximum Gasteiger partial charge on any atom is 0.238 e. The standard InChI is InChI=1S/C18H26N2O/c1-18(2,3)15-9-7-14(8-10-15)17-19-11-16(21)20(17)12-13-5-4-6-13/h7-10,13,17,19H,4-6,11-12H2,1-3H3. The Bertz CT molecular complexity index is 511. The number of carbonyl (C=O) groups is 1. The van der Waals surface area contributed by atoms with Gasteiger partial charge in [-0.2, -0.15) is 0 Å². The lowest BCUT2D eigenvalue weighted by Gasteiger charge is -2.33. The highest BCUT2D eigenvalue weighted by Gasteiger charge is 2.34. The second kappa shape index (κ2) is 5.45. The van der Waals surface area contributed by atoms with Crippen molar-refractivity contribution < 1.29 is 4.79 Å². The summed E-state index contributed by atoms with van der Waals surface area (Å²) in [4.78, 5) is 14.2. The van der Waals surface area contributed by atoms with Crippen LogP contribution in [0.2, 0.25) is 0 Å². The third-order valence-corrected chi connectivity index (χ3v) is 4.85. The van der Waals surface area contributed by atoms with E-state index in [0.717, 1.165) is 6.54 Å². The lowest BCUT2D eigenvalue weighted by atomic mass is 9.84. The molecule has 1 aromatic carbocycles. The largest absolute Gasteiger partial charge is 0.322 e. The van der Waals surface area contributed by atoms with Crippen LogP contribution >= 0.6 is 0 Å². The number of nitrogens with one attached hydrogen (secondary N) is 1. The van der Waals surface area contributed by atoms with Crippen molar-refractivity contribution in [3.05, 3.63) is 35.4 Å². The van der Waals surface area contributed by atoms with E-state index >= 15 is 0 Å². The molecule has 1 heterocycles. The molecule has 1 atom stereocenters. The molecule has 2 fully saturated rings. The fourth-order valence-corrected chi connectivity index (χ4v) is 3.16. The molecule has 3 heteroatoms. The van der Waals surface area contributed by atoms with Gasteiger partial charge in [0, 0.05) is 6.54 Å². The molecule has 1 amide bonds. The van der Waals surface area contributed by atoms with Gasteiger partial charge in [-0.3, -0.25) is 10.1 Å². The first-order valence-corrected chi connectivity index (χ1v) is 8.08. The molecule has 0 spiro atoms. The number of hydrogen-bond acceptors (Lipinski definition) is 2. The van der Waals surface area contributed by atoms with Gasteiger partial charge < -0.3 is 4.90 Å². The van der Waals surface area contributed by atoms with E-state index in [2.05, 4.69) is 50.4 Å². The minimum atomic E-state index is 0.0621. The van der Waals surface area contributed by atoms with Crippen LogP contribution in [0.3, 0.4) is 0 Å². The van der Waals surface area contributed by atoms with Crippen LogP contribution < -0.4 is 5.32 Å². The quantitative estimate of drug-likeness (QED) is 0.925. The van der Waals surface area contributed by atoms with Crippen LogP contribution in [0.1, 0.15) is 57.3 Å². The summed E-state index contributed by atoms with van der Waals surface area (Å²) in [6.07, 6.45) is 3.94. The van der Waals surface area contributed by atoms with Gasteiger partial charge in [-0.15, -0.1) is 0 Å². The maximum absolute atomic E-state index is 12.1. The SMILES string of the molecule is CC(C)(C)c1ccc(C2NCC(=O)N2CC2CCC2)cc1. The Kier molecular flexibility index (Phi) is 3.78. The number of nitrogens with zero attached hydrogens (tertiary/aromatic N) is 1. The lowest BCUT2D eigenvalue weighted by Crippen LogP contribution is -2.36. The number of benzene rings is 1. The second-order valence-electron chi connectivity index (χ2n) is 7.50. The molecule has 3 nitrogen and oxygen atoms in total. The van der Waals surface area contributed by atoms with E-state index < -0.39 is 0 Å². The Morgan fingerprint density at radius 2 is 1.86 bits per heavy atom. The first kappa shape index (κ1) is 14.6. The first-order chi connectivity index (χ1) is 9.95. The fourth-order valence-electron chi connectivity index (χ4n) is 3.16. The molecule has 3 rings (SSSR count). The van der Waals surface area contributed by atoms with Crippen molar-refractivity contribution >= 4 is 5.91 Å². The van der Waals surface area contributed by atoms with E-state index in [0.29, 0.717) is 12.5 Å². The van der Waals surface area contributed by atoms with Crippen LogP contribution in [-0.4, -0.2) is 23.9 Å². The smallest absolute Gasteiger partial charge is 0.238 e. The zero-order valence-corrected chi connectivity index (χ0v) is 13.4. The molecular formula is C18H26N2O. The molecule has 1 N–H and O–H groups in total. The van der Waals surface area contributed by atoms with Gasteiger partial charge in [-0.05, 0) is 35.3 Å². The average molecular weight is 286 g/mol. The molecule has 1 saturated carbocycles. The van der Waals surface area contributed by atoms with Crippen LogP contribution in [0.25, 0.3) is 0 Å². The minimum Gasteiger partial charge on any atom is -0.322 e. The summed E-state index contributed by atoms with van der Waals surface area (Å²) < 4.78 is 0. The van der Waals surface area contributed by atoms with E-state index in [4.69, 9.17) is 0 Å². The highest BCUT2D eigenvalue weighted by molar-refractivity contribution is 5.81. The van der Waals surface area contributed by atoms with Gasteiger partial charge in [0.2, 0.25) is 5.91 Å². The topological polar surface area (TPSA) is 32.3 Å². The number of rotatable bonds is 3. The number of amides is 1. The molecule has 0 radical (unpaired) electrons. The van der Waals surface area contributed by atoms with Crippen molar-refractivity contribution in [1.29, 1.82) is 0 Å². The second-order valence-corrected chi connectivity index (χ2v) is 7.50. The molecule has 114 valence electrons. The summed E-state index contributed by atoms with van der Waals surface area (Å²) >= 11 is 0. The number of carbonyl (C=O) groups excluding carboxylic acids is 1. The van der Waals surface area contributed by atoms with Gasteiger partial charge in [0.1, 0.15) is 6.17 Å². The van der Waals surface area contributed by atoms with Crippen LogP contribution in [0.4, 0.5) is 0 Å². The third-order valence-electron chi connectivity index (χ3n) is 4.85. The summed E-state index contributed by atoms with van der Waals surface area (Å²) in [7, 11) is 0. The molecule has 0 bridgehead atoms. The molecule has 1 aliphatic heterocycles. The van der Waals surface area contributed by atoms with Crippen LogP contribution in [-0.2, 0) is 10.2 Å². The molecular weight excluding hydrogens is 260 g/mol. The molecule has 0 aromatic heterocycles. The Labute approximate surface area is 127 Å². The van der Waals surface area contributed by atoms with E-state index in [-0.39, 0.29) is 17.5 Å². The van der Waals surface area contributed by atoms with Crippen LogP contribution in [0, 0.1) is 5.92 Å². The summed E-state index contributed by atoms with van der Waals surface area (Å²) in [5.74, 6) is 0.956. The zero-order chi connectivity index (χ0) is 15.0.